The van der Waals surface area contributed by atoms with Crippen molar-refractivity contribution in [2.45, 2.75) is 37.1 Å². The monoisotopic (exact) mass is 299 g/mol. The number of sulfone groups is 1. The molecule has 0 radical (unpaired) electrons. The molecule has 1 aromatic carbocycles. The molecular weight excluding hydrogens is 278 g/mol. The Morgan fingerprint density at radius 1 is 1.30 bits per heavy atom. The van der Waals surface area contributed by atoms with Crippen LogP contribution in [0, 0.1) is 0 Å². The van der Waals surface area contributed by atoms with Crippen LogP contribution in [-0.2, 0) is 20.2 Å². The van der Waals surface area contributed by atoms with Gasteiger partial charge in [0.2, 0.25) is 0 Å². The topological polar surface area (TPSA) is 83.5 Å². The zero-order valence-corrected chi connectivity index (χ0v) is 12.8. The third-order valence-corrected chi connectivity index (χ3v) is 4.32. The van der Waals surface area contributed by atoms with Crippen molar-refractivity contribution in [3.05, 3.63) is 29.8 Å². The highest BCUT2D eigenvalue weighted by Gasteiger charge is 2.29. The Balaban J connectivity index is 3.11. The second kappa shape index (κ2) is 6.37. The molecule has 1 rings (SSSR count). The summed E-state index contributed by atoms with van der Waals surface area (Å²) in [4.78, 5) is 11.3. The Labute approximate surface area is 119 Å². The summed E-state index contributed by atoms with van der Waals surface area (Å²) in [5, 5.41) is 12.3. The summed E-state index contributed by atoms with van der Waals surface area (Å²) in [6.45, 7) is 4.50. The molecule has 6 heteroatoms. The van der Waals surface area contributed by atoms with Gasteiger partial charge in [0.05, 0.1) is 16.9 Å². The molecule has 2 N–H and O–H groups in total. The first-order valence-corrected chi connectivity index (χ1v) is 8.35. The van der Waals surface area contributed by atoms with Crippen molar-refractivity contribution < 1.29 is 18.3 Å². The number of benzene rings is 1. The van der Waals surface area contributed by atoms with Crippen LogP contribution in [0.5, 0.6) is 0 Å². The molecule has 5 nitrogen and oxygen atoms in total. The fourth-order valence-electron chi connectivity index (χ4n) is 2.04. The van der Waals surface area contributed by atoms with Crippen molar-refractivity contribution in [3.8, 4) is 0 Å². The largest absolute Gasteiger partial charge is 0.481 e. The number of carboxylic acid groups (broad SMARTS) is 1. The van der Waals surface area contributed by atoms with E-state index in [1.54, 1.807) is 12.1 Å². The maximum Gasteiger partial charge on any atom is 0.305 e. The Bertz CT molecular complexity index is 565. The molecule has 1 atom stereocenters. The predicted molar refractivity (Wildman–Crippen MR) is 77.5 cm³/mol. The molecule has 0 saturated carbocycles. The summed E-state index contributed by atoms with van der Waals surface area (Å²) < 4.78 is 22.9. The quantitative estimate of drug-likeness (QED) is 0.802. The van der Waals surface area contributed by atoms with E-state index in [4.69, 9.17) is 5.11 Å². The average molecular weight is 299 g/mol. The fraction of sp³-hybridized carbons (Fsp3) is 0.500. The predicted octanol–water partition coefficient (Wildman–Crippen LogP) is 1.78. The fourth-order valence-corrected chi connectivity index (χ4v) is 2.67. The second-order valence-electron chi connectivity index (χ2n) is 5.13. The summed E-state index contributed by atoms with van der Waals surface area (Å²) in [6, 6.07) is 6.36. The summed E-state index contributed by atoms with van der Waals surface area (Å²) in [5.74, 6) is -0.900. The lowest BCUT2D eigenvalue weighted by molar-refractivity contribution is -0.138. The highest BCUT2D eigenvalue weighted by molar-refractivity contribution is 7.90. The highest BCUT2D eigenvalue weighted by Crippen LogP contribution is 2.26. The first-order valence-electron chi connectivity index (χ1n) is 6.46. The Morgan fingerprint density at radius 3 is 2.25 bits per heavy atom. The van der Waals surface area contributed by atoms with Gasteiger partial charge in [-0.05, 0) is 37.6 Å². The normalized spacial score (nSPS) is 14.8. The second-order valence-corrected chi connectivity index (χ2v) is 7.14. The Kier molecular flexibility index (Phi) is 5.30. The molecule has 1 unspecified atom stereocenters. The van der Waals surface area contributed by atoms with Gasteiger partial charge in [-0.2, -0.15) is 0 Å². The van der Waals surface area contributed by atoms with E-state index >= 15 is 0 Å². The van der Waals surface area contributed by atoms with Gasteiger partial charge in [-0.15, -0.1) is 0 Å². The van der Waals surface area contributed by atoms with Crippen molar-refractivity contribution >= 4 is 15.8 Å². The minimum absolute atomic E-state index is 0.0643. The number of hydrogen-bond donors (Lipinski definition) is 2. The maximum atomic E-state index is 11.4. The van der Waals surface area contributed by atoms with E-state index in [-0.39, 0.29) is 11.3 Å². The molecule has 0 aliphatic carbocycles. The first kappa shape index (κ1) is 16.7. The molecule has 0 aliphatic rings. The molecule has 1 aromatic rings. The van der Waals surface area contributed by atoms with Crippen LogP contribution in [0.3, 0.4) is 0 Å². The summed E-state index contributed by atoms with van der Waals surface area (Å²) in [5.41, 5.74) is 0.0541. The molecule has 0 saturated heterocycles. The molecular formula is C14H21NO4S. The van der Waals surface area contributed by atoms with Crippen LogP contribution >= 0.6 is 0 Å². The Hall–Kier alpha value is -1.40. The van der Waals surface area contributed by atoms with Crippen LogP contribution in [0.15, 0.2) is 29.2 Å². The SMILES string of the molecule is CCCNC(C)(CC(=O)O)c1ccc(S(C)(=O)=O)cc1. The zero-order chi connectivity index (χ0) is 15.4. The third-order valence-electron chi connectivity index (χ3n) is 3.19. The van der Waals surface area contributed by atoms with E-state index in [1.165, 1.54) is 12.1 Å². The average Bonchev–Trinajstić information content (AvgIpc) is 2.35. The van der Waals surface area contributed by atoms with Gasteiger partial charge in [0.25, 0.3) is 0 Å². The van der Waals surface area contributed by atoms with E-state index in [9.17, 15) is 13.2 Å². The van der Waals surface area contributed by atoms with Crippen LogP contribution < -0.4 is 5.32 Å². The minimum atomic E-state index is -3.24. The van der Waals surface area contributed by atoms with Gasteiger partial charge in [0.1, 0.15) is 0 Å². The molecule has 0 aliphatic heterocycles. The van der Waals surface area contributed by atoms with Crippen molar-refractivity contribution in [2.24, 2.45) is 0 Å². The minimum Gasteiger partial charge on any atom is -0.481 e. The van der Waals surface area contributed by atoms with Gasteiger partial charge in [-0.1, -0.05) is 19.1 Å². The van der Waals surface area contributed by atoms with Crippen molar-refractivity contribution in [1.29, 1.82) is 0 Å². The van der Waals surface area contributed by atoms with Gasteiger partial charge in [0, 0.05) is 6.26 Å². The molecule has 0 aromatic heterocycles. The summed E-state index contributed by atoms with van der Waals surface area (Å²) in [7, 11) is -3.24. The molecule has 0 spiro atoms. The number of hydrogen-bond acceptors (Lipinski definition) is 4. The lowest BCUT2D eigenvalue weighted by Gasteiger charge is -2.30. The smallest absolute Gasteiger partial charge is 0.305 e. The van der Waals surface area contributed by atoms with E-state index < -0.39 is 21.3 Å². The number of aliphatic carboxylic acids is 1. The van der Waals surface area contributed by atoms with Crippen LogP contribution in [0.1, 0.15) is 32.3 Å². The summed E-state index contributed by atoms with van der Waals surface area (Å²) in [6.07, 6.45) is 1.97. The van der Waals surface area contributed by atoms with Gasteiger partial charge in [0.15, 0.2) is 9.84 Å². The Morgan fingerprint density at radius 2 is 1.85 bits per heavy atom. The highest BCUT2D eigenvalue weighted by atomic mass is 32.2. The molecule has 20 heavy (non-hydrogen) atoms. The van der Waals surface area contributed by atoms with Gasteiger partial charge >= 0.3 is 5.97 Å². The van der Waals surface area contributed by atoms with Crippen LogP contribution in [0.25, 0.3) is 0 Å². The zero-order valence-electron chi connectivity index (χ0n) is 12.0. The summed E-state index contributed by atoms with van der Waals surface area (Å²) >= 11 is 0. The molecule has 0 heterocycles. The van der Waals surface area contributed by atoms with E-state index in [0.717, 1.165) is 18.2 Å². The maximum absolute atomic E-state index is 11.4. The van der Waals surface area contributed by atoms with Crippen molar-refractivity contribution in [3.63, 3.8) is 0 Å². The van der Waals surface area contributed by atoms with Crippen molar-refractivity contribution in [1.82, 2.24) is 5.32 Å². The van der Waals surface area contributed by atoms with Crippen molar-refractivity contribution in [2.75, 3.05) is 12.8 Å². The van der Waals surface area contributed by atoms with E-state index in [0.29, 0.717) is 6.54 Å². The third kappa shape index (κ3) is 4.31. The lowest BCUT2D eigenvalue weighted by Crippen LogP contribution is -2.41. The molecule has 0 bridgehead atoms. The first-order chi connectivity index (χ1) is 9.19. The van der Waals surface area contributed by atoms with E-state index in [2.05, 4.69) is 5.32 Å². The van der Waals surface area contributed by atoms with E-state index in [1.807, 2.05) is 13.8 Å². The standard InChI is InChI=1S/C14H21NO4S/c1-4-9-15-14(2,10-13(16)17)11-5-7-12(8-6-11)20(3,18)19/h5-8,15H,4,9-10H2,1-3H3,(H,16,17). The number of rotatable bonds is 7. The molecule has 0 amide bonds. The molecule has 112 valence electrons. The number of carboxylic acids is 1. The molecule has 0 fully saturated rings. The number of carbonyl (C=O) groups is 1. The number of nitrogens with one attached hydrogen (secondary N) is 1. The van der Waals surface area contributed by atoms with Gasteiger partial charge in [-0.25, -0.2) is 8.42 Å². The van der Waals surface area contributed by atoms with Crippen LogP contribution in [0.2, 0.25) is 0 Å². The van der Waals surface area contributed by atoms with Crippen LogP contribution in [-0.4, -0.2) is 32.3 Å². The van der Waals surface area contributed by atoms with Gasteiger partial charge in [-0.3, -0.25) is 4.79 Å². The van der Waals surface area contributed by atoms with Crippen LogP contribution in [0.4, 0.5) is 0 Å². The van der Waals surface area contributed by atoms with Gasteiger partial charge < -0.3 is 10.4 Å². The lowest BCUT2D eigenvalue weighted by atomic mass is 9.88.